The summed E-state index contributed by atoms with van der Waals surface area (Å²) in [5.74, 6) is -0.392. The van der Waals surface area contributed by atoms with Gasteiger partial charge in [0.25, 0.3) is 0 Å². The van der Waals surface area contributed by atoms with Crippen molar-refractivity contribution in [2.45, 2.75) is 38.6 Å². The highest BCUT2D eigenvalue weighted by Gasteiger charge is 2.55. The number of carbonyl (C=O) groups excluding carboxylic acids is 1. The van der Waals surface area contributed by atoms with E-state index in [1.807, 2.05) is 13.8 Å². The van der Waals surface area contributed by atoms with Crippen molar-refractivity contribution in [2.24, 2.45) is 11.8 Å². The van der Waals surface area contributed by atoms with E-state index in [9.17, 15) is 4.79 Å². The number of hydrogen-bond donors (Lipinski definition) is 0. The summed E-state index contributed by atoms with van der Waals surface area (Å²) >= 11 is 0. The molecule has 0 unspecified atom stereocenters. The Morgan fingerprint density at radius 2 is 2.23 bits per heavy atom. The van der Waals surface area contributed by atoms with Crippen LogP contribution in [-0.4, -0.2) is 24.8 Å². The summed E-state index contributed by atoms with van der Waals surface area (Å²) in [6, 6.07) is 0. The van der Waals surface area contributed by atoms with E-state index in [2.05, 4.69) is 0 Å². The van der Waals surface area contributed by atoms with Crippen molar-refractivity contribution in [3.8, 4) is 0 Å². The molecule has 13 heavy (non-hydrogen) atoms. The van der Waals surface area contributed by atoms with Crippen LogP contribution in [0.2, 0.25) is 0 Å². The summed E-state index contributed by atoms with van der Waals surface area (Å²) in [4.78, 5) is 11.8. The summed E-state index contributed by atoms with van der Waals surface area (Å²) in [6.45, 7) is 3.86. The Bertz CT molecular complexity index is 238. The van der Waals surface area contributed by atoms with Gasteiger partial charge in [0, 0.05) is 19.4 Å². The molecule has 2 fully saturated rings. The normalized spacial score (nSPS) is 49.8. The maximum absolute atomic E-state index is 11.8. The third kappa shape index (κ3) is 1.07. The number of hydrogen-bond acceptors (Lipinski definition) is 3. The van der Waals surface area contributed by atoms with Gasteiger partial charge in [-0.25, -0.2) is 0 Å². The molecule has 2 bridgehead atoms. The lowest BCUT2D eigenvalue weighted by molar-refractivity contribution is -0.257. The first-order chi connectivity index (χ1) is 6.10. The first kappa shape index (κ1) is 9.16. The molecule has 0 amide bonds. The Morgan fingerprint density at radius 3 is 2.85 bits per heavy atom. The van der Waals surface area contributed by atoms with E-state index in [1.165, 1.54) is 0 Å². The fourth-order valence-corrected chi connectivity index (χ4v) is 2.51. The maximum atomic E-state index is 11.8. The van der Waals surface area contributed by atoms with Gasteiger partial charge in [-0.2, -0.15) is 0 Å². The van der Waals surface area contributed by atoms with Crippen molar-refractivity contribution < 1.29 is 14.3 Å². The van der Waals surface area contributed by atoms with E-state index >= 15 is 0 Å². The van der Waals surface area contributed by atoms with Gasteiger partial charge in [0.1, 0.15) is 5.78 Å². The van der Waals surface area contributed by atoms with E-state index in [0.29, 0.717) is 0 Å². The molecule has 0 aromatic carbocycles. The molecule has 0 spiro atoms. The number of carbonyl (C=O) groups is 1. The lowest BCUT2D eigenvalue weighted by Crippen LogP contribution is -2.50. The summed E-state index contributed by atoms with van der Waals surface area (Å²) in [5.41, 5.74) is 0. The smallest absolute Gasteiger partial charge is 0.177 e. The standard InChI is InChI=1S/C10H16O3/c1-6-8-4-5-10(12-3,13-8)7(2)9(6)11/h6-8H,4-5H2,1-3H3/t6-,7-,8-,10+/m1/s1. The molecule has 0 aliphatic carbocycles. The number of fused-ring (bicyclic) bond motifs is 2. The van der Waals surface area contributed by atoms with E-state index in [4.69, 9.17) is 9.47 Å². The summed E-state index contributed by atoms with van der Waals surface area (Å²) in [7, 11) is 1.63. The SMILES string of the molecule is CO[C@@]12CC[C@@H](O1)[C@@H](C)C(=O)[C@H]2C. The molecule has 3 heteroatoms. The van der Waals surface area contributed by atoms with E-state index < -0.39 is 5.79 Å². The zero-order valence-electron chi connectivity index (χ0n) is 8.37. The molecule has 2 aliphatic rings. The van der Waals surface area contributed by atoms with Gasteiger partial charge < -0.3 is 9.47 Å². The fourth-order valence-electron chi connectivity index (χ4n) is 2.51. The maximum Gasteiger partial charge on any atom is 0.177 e. The summed E-state index contributed by atoms with van der Waals surface area (Å²) in [6.07, 6.45) is 1.89. The van der Waals surface area contributed by atoms with Crippen LogP contribution in [0, 0.1) is 11.8 Å². The molecule has 2 aliphatic heterocycles. The monoisotopic (exact) mass is 184 g/mol. The van der Waals surface area contributed by atoms with Crippen LogP contribution in [0.5, 0.6) is 0 Å². The van der Waals surface area contributed by atoms with Gasteiger partial charge >= 0.3 is 0 Å². The molecule has 0 N–H and O–H groups in total. The molecule has 0 aromatic heterocycles. The van der Waals surface area contributed by atoms with Crippen LogP contribution in [0.25, 0.3) is 0 Å². The van der Waals surface area contributed by atoms with Crippen LogP contribution in [0.4, 0.5) is 0 Å². The van der Waals surface area contributed by atoms with E-state index in [-0.39, 0.29) is 23.7 Å². The van der Waals surface area contributed by atoms with Crippen LogP contribution in [0.3, 0.4) is 0 Å². The van der Waals surface area contributed by atoms with Gasteiger partial charge in [-0.05, 0) is 6.42 Å². The third-order valence-corrected chi connectivity index (χ3v) is 3.57. The molecular formula is C10H16O3. The van der Waals surface area contributed by atoms with Gasteiger partial charge in [-0.15, -0.1) is 0 Å². The molecule has 74 valence electrons. The zero-order chi connectivity index (χ0) is 9.64. The highest BCUT2D eigenvalue weighted by molar-refractivity contribution is 5.85. The fraction of sp³-hybridized carbons (Fsp3) is 0.900. The first-order valence-electron chi connectivity index (χ1n) is 4.87. The summed E-state index contributed by atoms with van der Waals surface area (Å²) in [5, 5.41) is 0. The number of methoxy groups -OCH3 is 1. The zero-order valence-corrected chi connectivity index (χ0v) is 8.37. The minimum absolute atomic E-state index is 0.0424. The second-order valence-corrected chi connectivity index (χ2v) is 4.12. The molecule has 2 rings (SSSR count). The highest BCUT2D eigenvalue weighted by atomic mass is 16.7. The average molecular weight is 184 g/mol. The largest absolute Gasteiger partial charge is 0.352 e. The van der Waals surface area contributed by atoms with Crippen LogP contribution in [-0.2, 0) is 14.3 Å². The Hall–Kier alpha value is -0.410. The lowest BCUT2D eigenvalue weighted by Gasteiger charge is -2.39. The number of rotatable bonds is 1. The number of Topliss-reactive ketones (excluding diaryl/α,β-unsaturated/α-hetero) is 1. The van der Waals surface area contributed by atoms with Crippen molar-refractivity contribution >= 4 is 5.78 Å². The van der Waals surface area contributed by atoms with Crippen molar-refractivity contribution in [3.05, 3.63) is 0 Å². The quantitative estimate of drug-likeness (QED) is 0.617. The van der Waals surface area contributed by atoms with Crippen LogP contribution in [0.15, 0.2) is 0 Å². The van der Waals surface area contributed by atoms with Crippen molar-refractivity contribution in [2.75, 3.05) is 7.11 Å². The molecule has 0 saturated carbocycles. The molecule has 2 saturated heterocycles. The molecule has 0 radical (unpaired) electrons. The Morgan fingerprint density at radius 1 is 1.54 bits per heavy atom. The lowest BCUT2D eigenvalue weighted by atomic mass is 9.87. The minimum Gasteiger partial charge on any atom is -0.352 e. The van der Waals surface area contributed by atoms with E-state index in [1.54, 1.807) is 7.11 Å². The Labute approximate surface area is 78.4 Å². The molecule has 4 atom stereocenters. The van der Waals surface area contributed by atoms with Crippen LogP contribution >= 0.6 is 0 Å². The predicted octanol–water partition coefficient (Wildman–Crippen LogP) is 1.36. The molecule has 2 heterocycles. The van der Waals surface area contributed by atoms with E-state index in [0.717, 1.165) is 12.8 Å². The second kappa shape index (κ2) is 2.79. The van der Waals surface area contributed by atoms with Gasteiger partial charge in [-0.3, -0.25) is 4.79 Å². The summed E-state index contributed by atoms with van der Waals surface area (Å²) < 4.78 is 11.1. The third-order valence-electron chi connectivity index (χ3n) is 3.57. The van der Waals surface area contributed by atoms with Gasteiger partial charge in [0.15, 0.2) is 5.79 Å². The molecule has 3 nitrogen and oxygen atoms in total. The molecule has 0 aromatic rings. The minimum atomic E-state index is -0.603. The number of ether oxygens (including phenoxy) is 2. The topological polar surface area (TPSA) is 35.5 Å². The van der Waals surface area contributed by atoms with Gasteiger partial charge in [0.05, 0.1) is 12.0 Å². The second-order valence-electron chi connectivity index (χ2n) is 4.12. The van der Waals surface area contributed by atoms with Crippen LogP contribution < -0.4 is 0 Å². The Balaban J connectivity index is 2.31. The molecular weight excluding hydrogens is 168 g/mol. The van der Waals surface area contributed by atoms with Crippen LogP contribution in [0.1, 0.15) is 26.7 Å². The average Bonchev–Trinajstić information content (AvgIpc) is 2.55. The van der Waals surface area contributed by atoms with Gasteiger partial charge in [0.2, 0.25) is 0 Å². The number of ketones is 1. The predicted molar refractivity (Wildman–Crippen MR) is 47.2 cm³/mol. The van der Waals surface area contributed by atoms with Crippen molar-refractivity contribution in [3.63, 3.8) is 0 Å². The first-order valence-corrected chi connectivity index (χ1v) is 4.87. The van der Waals surface area contributed by atoms with Crippen molar-refractivity contribution in [1.29, 1.82) is 0 Å². The highest BCUT2D eigenvalue weighted by Crippen LogP contribution is 2.45. The van der Waals surface area contributed by atoms with Gasteiger partial charge in [-0.1, -0.05) is 13.8 Å². The Kier molecular flexibility index (Phi) is 1.96. The van der Waals surface area contributed by atoms with Crippen molar-refractivity contribution in [1.82, 2.24) is 0 Å².